The Labute approximate surface area is 142 Å². The molecule has 128 valence electrons. The van der Waals surface area contributed by atoms with E-state index in [2.05, 4.69) is 10.2 Å². The normalized spacial score (nSPS) is 16.0. The molecule has 0 bridgehead atoms. The molecule has 0 saturated carbocycles. The molecule has 0 amide bonds. The zero-order valence-electron chi connectivity index (χ0n) is 13.4. The number of nitrogens with two attached hydrogens (primary N) is 1. The van der Waals surface area contributed by atoms with Crippen LogP contribution in [0.25, 0.3) is 0 Å². The molecule has 3 N–H and O–H groups in total. The summed E-state index contributed by atoms with van der Waals surface area (Å²) < 4.78 is 23.6. The van der Waals surface area contributed by atoms with E-state index in [0.717, 1.165) is 0 Å². The van der Waals surface area contributed by atoms with Gasteiger partial charge in [0, 0.05) is 0 Å². The molecule has 25 heavy (non-hydrogen) atoms. The molecular weight excluding hydrogens is 327 g/mol. The van der Waals surface area contributed by atoms with Crippen LogP contribution in [-0.4, -0.2) is 22.8 Å². The molecule has 1 aliphatic heterocycles. The minimum atomic E-state index is -0.613. The number of aromatic amines is 1. The number of carbonyl (C=O) groups is 1. The fourth-order valence-corrected chi connectivity index (χ4v) is 2.79. The van der Waals surface area contributed by atoms with Gasteiger partial charge in [-0.2, -0.15) is 5.26 Å². The molecule has 0 fully saturated rings. The lowest BCUT2D eigenvalue weighted by atomic mass is 9.83. The lowest BCUT2D eigenvalue weighted by Gasteiger charge is -2.24. The second-order valence-corrected chi connectivity index (χ2v) is 5.38. The Balaban J connectivity index is 2.10. The molecule has 2 aromatic rings. The molecule has 2 heterocycles. The number of aromatic nitrogens is 2. The summed E-state index contributed by atoms with van der Waals surface area (Å²) >= 11 is 0. The number of allylic oxidation sites excluding steroid dienone is 1. The van der Waals surface area contributed by atoms with Crippen LogP contribution in [0.4, 0.5) is 4.39 Å². The van der Waals surface area contributed by atoms with Gasteiger partial charge in [-0.1, -0.05) is 12.1 Å². The summed E-state index contributed by atoms with van der Waals surface area (Å²) in [5, 5.41) is 16.3. The molecule has 0 saturated heterocycles. The van der Waals surface area contributed by atoms with Crippen molar-refractivity contribution in [3.63, 3.8) is 0 Å². The van der Waals surface area contributed by atoms with Crippen LogP contribution in [0.3, 0.4) is 0 Å². The van der Waals surface area contributed by atoms with Crippen molar-refractivity contribution in [3.05, 3.63) is 58.4 Å². The van der Waals surface area contributed by atoms with E-state index in [1.165, 1.54) is 12.1 Å². The Bertz CT molecular complexity index is 880. The molecule has 7 nitrogen and oxygen atoms in total. The van der Waals surface area contributed by atoms with Gasteiger partial charge in [0.2, 0.25) is 11.8 Å². The number of hydrogen-bond donors (Lipinski definition) is 2. The molecule has 1 aliphatic rings. The first kappa shape index (κ1) is 16.5. The smallest absolute Gasteiger partial charge is 0.311 e. The fourth-order valence-electron chi connectivity index (χ4n) is 2.79. The minimum Gasteiger partial charge on any atom is -0.466 e. The maximum Gasteiger partial charge on any atom is 0.311 e. The van der Waals surface area contributed by atoms with Crippen LogP contribution in [-0.2, 0) is 16.0 Å². The highest BCUT2D eigenvalue weighted by Gasteiger charge is 2.35. The topological polar surface area (TPSA) is 114 Å². The molecule has 0 radical (unpaired) electrons. The number of hydrogen-bond acceptors (Lipinski definition) is 6. The summed E-state index contributed by atoms with van der Waals surface area (Å²) in [7, 11) is 0. The Morgan fingerprint density at radius 1 is 1.48 bits per heavy atom. The third-order valence-electron chi connectivity index (χ3n) is 3.85. The van der Waals surface area contributed by atoms with Crippen molar-refractivity contribution in [3.8, 4) is 11.9 Å². The van der Waals surface area contributed by atoms with Gasteiger partial charge in [-0.15, -0.1) is 5.10 Å². The third kappa shape index (κ3) is 3.04. The van der Waals surface area contributed by atoms with Crippen molar-refractivity contribution in [2.24, 2.45) is 5.73 Å². The number of nitrogens with one attached hydrogen (secondary N) is 1. The van der Waals surface area contributed by atoms with Crippen LogP contribution in [0.15, 0.2) is 35.7 Å². The van der Waals surface area contributed by atoms with E-state index in [1.54, 1.807) is 19.1 Å². The summed E-state index contributed by atoms with van der Waals surface area (Å²) in [6, 6.07) is 7.73. The van der Waals surface area contributed by atoms with E-state index in [-0.39, 0.29) is 30.4 Å². The molecule has 1 aromatic carbocycles. The summed E-state index contributed by atoms with van der Waals surface area (Å²) in [5.41, 5.74) is 7.62. The Morgan fingerprint density at radius 3 is 2.84 bits per heavy atom. The Hall–Kier alpha value is -3.34. The zero-order valence-corrected chi connectivity index (χ0v) is 13.4. The van der Waals surface area contributed by atoms with Crippen LogP contribution < -0.4 is 10.5 Å². The molecule has 0 unspecified atom stereocenters. The summed E-state index contributed by atoms with van der Waals surface area (Å²) in [6.07, 6.45) is -0.0597. The number of nitriles is 1. The number of ether oxygens (including phenoxy) is 2. The number of rotatable bonds is 4. The van der Waals surface area contributed by atoms with Gasteiger partial charge < -0.3 is 15.2 Å². The first-order valence-corrected chi connectivity index (χ1v) is 7.61. The molecular formula is C17H15FN4O3. The highest BCUT2D eigenvalue weighted by atomic mass is 19.1. The van der Waals surface area contributed by atoms with Gasteiger partial charge in [0.1, 0.15) is 17.5 Å². The van der Waals surface area contributed by atoms with Crippen molar-refractivity contribution >= 4 is 5.97 Å². The maximum absolute atomic E-state index is 13.3. The van der Waals surface area contributed by atoms with Gasteiger partial charge in [0.25, 0.3) is 0 Å². The largest absolute Gasteiger partial charge is 0.466 e. The minimum absolute atomic E-state index is 0.0597. The molecule has 1 aromatic heterocycles. The molecule has 0 aliphatic carbocycles. The van der Waals surface area contributed by atoms with Crippen molar-refractivity contribution < 1.29 is 18.7 Å². The van der Waals surface area contributed by atoms with Crippen LogP contribution in [0.5, 0.6) is 5.88 Å². The summed E-state index contributed by atoms with van der Waals surface area (Å²) in [4.78, 5) is 11.8. The maximum atomic E-state index is 13.3. The van der Waals surface area contributed by atoms with Crippen molar-refractivity contribution in [1.29, 1.82) is 5.26 Å². The lowest BCUT2D eigenvalue weighted by Crippen LogP contribution is -2.22. The summed E-state index contributed by atoms with van der Waals surface area (Å²) in [6.45, 7) is 1.96. The van der Waals surface area contributed by atoms with E-state index in [0.29, 0.717) is 16.8 Å². The van der Waals surface area contributed by atoms with Gasteiger partial charge in [0.05, 0.1) is 30.2 Å². The van der Waals surface area contributed by atoms with Crippen molar-refractivity contribution in [2.45, 2.75) is 19.3 Å². The molecule has 0 spiro atoms. The van der Waals surface area contributed by atoms with Crippen LogP contribution in [0.2, 0.25) is 0 Å². The molecule has 3 rings (SSSR count). The quantitative estimate of drug-likeness (QED) is 0.820. The predicted octanol–water partition coefficient (Wildman–Crippen LogP) is 1.87. The highest BCUT2D eigenvalue weighted by Crippen LogP contribution is 2.42. The molecule has 1 atom stereocenters. The van der Waals surface area contributed by atoms with Gasteiger partial charge in [-0.25, -0.2) is 4.39 Å². The number of carbonyl (C=O) groups excluding carboxylic acids is 1. The first-order chi connectivity index (χ1) is 12.0. The van der Waals surface area contributed by atoms with Gasteiger partial charge in [0.15, 0.2) is 0 Å². The fraction of sp³-hybridized carbons (Fsp3) is 0.235. The molecule has 8 heteroatoms. The average molecular weight is 342 g/mol. The number of esters is 1. The number of fused-ring (bicyclic) bond motifs is 1. The van der Waals surface area contributed by atoms with Gasteiger partial charge in [-0.05, 0) is 24.6 Å². The monoisotopic (exact) mass is 342 g/mol. The lowest BCUT2D eigenvalue weighted by molar-refractivity contribution is -0.142. The van der Waals surface area contributed by atoms with Gasteiger partial charge in [-0.3, -0.25) is 9.89 Å². The predicted molar refractivity (Wildman–Crippen MR) is 84.6 cm³/mol. The van der Waals surface area contributed by atoms with E-state index >= 15 is 0 Å². The standard InChI is InChI=1S/C17H15FN4O3/c1-2-24-13(23)7-12-15-14(9-3-5-10(18)6-4-9)11(8-19)16(20)25-17(15)22-21-12/h3-6,14H,2,7,20H2,1H3,(H,21,22)/t14-/m0/s1. The average Bonchev–Trinajstić information content (AvgIpc) is 2.97. The number of H-pyrrole nitrogens is 1. The summed E-state index contributed by atoms with van der Waals surface area (Å²) in [5.74, 6) is -1.33. The van der Waals surface area contributed by atoms with Crippen molar-refractivity contribution in [1.82, 2.24) is 10.2 Å². The van der Waals surface area contributed by atoms with Gasteiger partial charge >= 0.3 is 5.97 Å². The number of benzene rings is 1. The Morgan fingerprint density at radius 2 is 2.20 bits per heavy atom. The highest BCUT2D eigenvalue weighted by molar-refractivity contribution is 5.73. The number of halogens is 1. The zero-order chi connectivity index (χ0) is 18.0. The van der Waals surface area contributed by atoms with E-state index in [1.807, 2.05) is 6.07 Å². The second kappa shape index (κ2) is 6.65. The van der Waals surface area contributed by atoms with Crippen LogP contribution in [0, 0.1) is 17.1 Å². The second-order valence-electron chi connectivity index (χ2n) is 5.38. The Kier molecular flexibility index (Phi) is 4.39. The van der Waals surface area contributed by atoms with E-state index in [9.17, 15) is 14.4 Å². The van der Waals surface area contributed by atoms with Crippen LogP contribution in [0.1, 0.15) is 29.7 Å². The van der Waals surface area contributed by atoms with E-state index in [4.69, 9.17) is 15.2 Å². The number of nitrogens with zero attached hydrogens (tertiary/aromatic N) is 2. The third-order valence-corrected chi connectivity index (χ3v) is 3.85. The van der Waals surface area contributed by atoms with Crippen LogP contribution >= 0.6 is 0 Å². The van der Waals surface area contributed by atoms with E-state index < -0.39 is 17.7 Å². The SMILES string of the molecule is CCOC(=O)Cc1[nH]nc2c1[C@@H](c1ccc(F)cc1)C(C#N)=C(N)O2. The first-order valence-electron chi connectivity index (χ1n) is 7.61. The van der Waals surface area contributed by atoms with Crippen molar-refractivity contribution in [2.75, 3.05) is 6.61 Å².